The second kappa shape index (κ2) is 6.59. The van der Waals surface area contributed by atoms with Crippen molar-refractivity contribution in [2.45, 2.75) is 46.8 Å². The van der Waals surface area contributed by atoms with Crippen LogP contribution in [0.25, 0.3) is 0 Å². The summed E-state index contributed by atoms with van der Waals surface area (Å²) in [4.78, 5) is 0. The Hall–Kier alpha value is -1.06. The van der Waals surface area contributed by atoms with Crippen molar-refractivity contribution in [3.63, 3.8) is 0 Å². The van der Waals surface area contributed by atoms with Crippen LogP contribution in [0, 0.1) is 13.8 Å². The molecule has 1 aromatic heterocycles. The molecule has 1 unspecified atom stereocenters. The molecule has 0 aliphatic carbocycles. The molecule has 1 heterocycles. The molecular weight excluding hydrogens is 312 g/mol. The number of rotatable bonds is 5. The first-order valence-electron chi connectivity index (χ1n) is 7.17. The topological polar surface area (TPSA) is 17.0 Å². The van der Waals surface area contributed by atoms with Crippen molar-refractivity contribution in [1.29, 1.82) is 0 Å². The van der Waals surface area contributed by atoms with E-state index in [9.17, 15) is 0 Å². The number of aromatic nitrogens is 1. The number of halogens is 1. The molecular formula is C17H23BrN2. The molecule has 2 nitrogen and oxygen atoms in total. The minimum Gasteiger partial charge on any atom is -0.349 e. The van der Waals surface area contributed by atoms with Crippen molar-refractivity contribution in [3.8, 4) is 0 Å². The Morgan fingerprint density at radius 3 is 2.40 bits per heavy atom. The Kier molecular flexibility index (Phi) is 5.06. The number of benzene rings is 1. The van der Waals surface area contributed by atoms with Crippen LogP contribution in [0.4, 0.5) is 0 Å². The molecule has 20 heavy (non-hydrogen) atoms. The fraction of sp³-hybridized carbons (Fsp3) is 0.412. The van der Waals surface area contributed by atoms with Gasteiger partial charge in [0.05, 0.1) is 0 Å². The van der Waals surface area contributed by atoms with Gasteiger partial charge in [-0.2, -0.15) is 0 Å². The van der Waals surface area contributed by atoms with E-state index in [4.69, 9.17) is 0 Å². The third-order valence-corrected chi connectivity index (χ3v) is 4.49. The zero-order chi connectivity index (χ0) is 14.7. The lowest BCUT2D eigenvalue weighted by Crippen LogP contribution is -2.18. The highest BCUT2D eigenvalue weighted by Crippen LogP contribution is 2.19. The van der Waals surface area contributed by atoms with Crippen LogP contribution < -0.4 is 5.32 Å². The summed E-state index contributed by atoms with van der Waals surface area (Å²) >= 11 is 3.48. The molecule has 1 N–H and O–H groups in total. The molecule has 0 aliphatic heterocycles. The fourth-order valence-corrected chi connectivity index (χ4v) is 2.93. The normalized spacial score (nSPS) is 12.7. The van der Waals surface area contributed by atoms with Crippen LogP contribution >= 0.6 is 15.9 Å². The lowest BCUT2D eigenvalue weighted by molar-refractivity contribution is 0.571. The first-order valence-corrected chi connectivity index (χ1v) is 7.96. The summed E-state index contributed by atoms with van der Waals surface area (Å²) < 4.78 is 3.49. The monoisotopic (exact) mass is 334 g/mol. The Morgan fingerprint density at radius 2 is 1.85 bits per heavy atom. The van der Waals surface area contributed by atoms with Gasteiger partial charge in [0, 0.05) is 35.0 Å². The van der Waals surface area contributed by atoms with Gasteiger partial charge in [0.2, 0.25) is 0 Å². The number of hydrogen-bond acceptors (Lipinski definition) is 1. The van der Waals surface area contributed by atoms with Crippen molar-refractivity contribution in [3.05, 3.63) is 57.3 Å². The second-order valence-electron chi connectivity index (χ2n) is 5.29. The first kappa shape index (κ1) is 15.3. The summed E-state index contributed by atoms with van der Waals surface area (Å²) in [5.41, 5.74) is 5.43. The average molecular weight is 335 g/mol. The van der Waals surface area contributed by atoms with Gasteiger partial charge >= 0.3 is 0 Å². The third-order valence-electron chi connectivity index (χ3n) is 3.96. The summed E-state index contributed by atoms with van der Waals surface area (Å²) in [7, 11) is 0. The summed E-state index contributed by atoms with van der Waals surface area (Å²) in [6.45, 7) is 10.7. The van der Waals surface area contributed by atoms with Crippen molar-refractivity contribution in [2.75, 3.05) is 0 Å². The lowest BCUT2D eigenvalue weighted by atomic mass is 10.1. The Labute approximate surface area is 130 Å². The van der Waals surface area contributed by atoms with Crippen LogP contribution in [0.5, 0.6) is 0 Å². The standard InChI is InChI=1S/C17H23BrN2/c1-5-20-12(2)10-16(14(20)4)11-19-13(3)15-6-8-17(18)9-7-15/h6-10,13,19H,5,11H2,1-4H3. The van der Waals surface area contributed by atoms with E-state index < -0.39 is 0 Å². The van der Waals surface area contributed by atoms with E-state index in [1.165, 1.54) is 22.5 Å². The van der Waals surface area contributed by atoms with Gasteiger partial charge in [0.25, 0.3) is 0 Å². The maximum atomic E-state index is 3.61. The average Bonchev–Trinajstić information content (AvgIpc) is 2.71. The van der Waals surface area contributed by atoms with Crippen LogP contribution in [-0.4, -0.2) is 4.57 Å². The van der Waals surface area contributed by atoms with Crippen LogP contribution in [0.1, 0.15) is 42.4 Å². The molecule has 0 amide bonds. The molecule has 1 aromatic carbocycles. The predicted octanol–water partition coefficient (Wildman–Crippen LogP) is 4.74. The van der Waals surface area contributed by atoms with E-state index in [0.717, 1.165) is 17.6 Å². The van der Waals surface area contributed by atoms with Gasteiger partial charge in [0.1, 0.15) is 0 Å². The molecule has 0 radical (unpaired) electrons. The minimum atomic E-state index is 0.354. The fourth-order valence-electron chi connectivity index (χ4n) is 2.67. The predicted molar refractivity (Wildman–Crippen MR) is 89.0 cm³/mol. The van der Waals surface area contributed by atoms with Gasteiger partial charge in [0.15, 0.2) is 0 Å². The molecule has 0 saturated heterocycles. The summed E-state index contributed by atoms with van der Waals surface area (Å²) in [6, 6.07) is 11.2. The molecule has 2 rings (SSSR count). The molecule has 3 heteroatoms. The number of aryl methyl sites for hydroxylation is 1. The molecule has 0 aliphatic rings. The highest BCUT2D eigenvalue weighted by Gasteiger charge is 2.10. The van der Waals surface area contributed by atoms with Crippen molar-refractivity contribution < 1.29 is 0 Å². The van der Waals surface area contributed by atoms with E-state index in [-0.39, 0.29) is 0 Å². The van der Waals surface area contributed by atoms with Gasteiger partial charge in [-0.05, 0) is 57.0 Å². The molecule has 0 spiro atoms. The van der Waals surface area contributed by atoms with Gasteiger partial charge in [-0.25, -0.2) is 0 Å². The number of hydrogen-bond donors (Lipinski definition) is 1. The van der Waals surface area contributed by atoms with Crippen LogP contribution in [0.15, 0.2) is 34.8 Å². The maximum Gasteiger partial charge on any atom is 0.0294 e. The summed E-state index contributed by atoms with van der Waals surface area (Å²) in [6.07, 6.45) is 0. The number of nitrogens with zero attached hydrogens (tertiary/aromatic N) is 1. The van der Waals surface area contributed by atoms with E-state index in [2.05, 4.69) is 83.8 Å². The minimum absolute atomic E-state index is 0.354. The first-order chi connectivity index (χ1) is 9.52. The largest absolute Gasteiger partial charge is 0.349 e. The van der Waals surface area contributed by atoms with Crippen LogP contribution in [-0.2, 0) is 13.1 Å². The zero-order valence-electron chi connectivity index (χ0n) is 12.7. The molecule has 2 aromatic rings. The molecule has 108 valence electrons. The van der Waals surface area contributed by atoms with Crippen molar-refractivity contribution >= 4 is 15.9 Å². The van der Waals surface area contributed by atoms with Crippen molar-refractivity contribution in [2.24, 2.45) is 0 Å². The van der Waals surface area contributed by atoms with Crippen molar-refractivity contribution in [1.82, 2.24) is 9.88 Å². The van der Waals surface area contributed by atoms with Crippen LogP contribution in [0.3, 0.4) is 0 Å². The van der Waals surface area contributed by atoms with E-state index in [0.29, 0.717) is 6.04 Å². The molecule has 1 atom stereocenters. The van der Waals surface area contributed by atoms with E-state index in [1.54, 1.807) is 0 Å². The van der Waals surface area contributed by atoms with Gasteiger partial charge < -0.3 is 9.88 Å². The molecule has 0 fully saturated rings. The summed E-state index contributed by atoms with van der Waals surface area (Å²) in [5, 5.41) is 3.61. The smallest absolute Gasteiger partial charge is 0.0294 e. The summed E-state index contributed by atoms with van der Waals surface area (Å²) in [5.74, 6) is 0. The van der Waals surface area contributed by atoms with Crippen LogP contribution in [0.2, 0.25) is 0 Å². The number of nitrogens with one attached hydrogen (secondary N) is 1. The van der Waals surface area contributed by atoms with Gasteiger partial charge in [-0.1, -0.05) is 28.1 Å². The van der Waals surface area contributed by atoms with E-state index >= 15 is 0 Å². The lowest BCUT2D eigenvalue weighted by Gasteiger charge is -2.14. The Bertz CT molecular complexity index is 569. The van der Waals surface area contributed by atoms with Gasteiger partial charge in [-0.15, -0.1) is 0 Å². The maximum absolute atomic E-state index is 3.61. The van der Waals surface area contributed by atoms with Gasteiger partial charge in [-0.3, -0.25) is 0 Å². The second-order valence-corrected chi connectivity index (χ2v) is 6.21. The molecule has 0 bridgehead atoms. The highest BCUT2D eigenvalue weighted by atomic mass is 79.9. The quantitative estimate of drug-likeness (QED) is 0.835. The third kappa shape index (κ3) is 3.33. The highest BCUT2D eigenvalue weighted by molar-refractivity contribution is 9.10. The SMILES string of the molecule is CCn1c(C)cc(CNC(C)c2ccc(Br)cc2)c1C. The molecule has 0 saturated carbocycles. The Morgan fingerprint density at radius 1 is 1.20 bits per heavy atom. The van der Waals surface area contributed by atoms with E-state index in [1.807, 2.05) is 0 Å². The zero-order valence-corrected chi connectivity index (χ0v) is 14.3. The Balaban J connectivity index is 2.03.